The highest BCUT2D eigenvalue weighted by Crippen LogP contribution is 2.33. The Kier molecular flexibility index (Phi) is 2.33. The maximum absolute atomic E-state index is 12.4. The Labute approximate surface area is 104 Å². The van der Waals surface area contributed by atoms with Gasteiger partial charge in [0.1, 0.15) is 11.5 Å². The van der Waals surface area contributed by atoms with E-state index in [4.69, 9.17) is 0 Å². The van der Waals surface area contributed by atoms with Crippen molar-refractivity contribution in [1.82, 2.24) is 4.57 Å². The van der Waals surface area contributed by atoms with Gasteiger partial charge in [0.2, 0.25) is 0 Å². The third-order valence-electron chi connectivity index (χ3n) is 3.76. The highest BCUT2D eigenvalue weighted by atomic mass is 16.3. The summed E-state index contributed by atoms with van der Waals surface area (Å²) in [5.41, 5.74) is 1.85. The van der Waals surface area contributed by atoms with Crippen molar-refractivity contribution in [2.75, 3.05) is 0 Å². The van der Waals surface area contributed by atoms with Crippen LogP contribution in [0.25, 0.3) is 10.8 Å². The maximum atomic E-state index is 12.4. The largest absolute Gasteiger partial charge is 0.508 e. The zero-order valence-electron chi connectivity index (χ0n) is 10.2. The third kappa shape index (κ3) is 1.41. The highest BCUT2D eigenvalue weighted by Gasteiger charge is 2.19. The molecule has 4 nitrogen and oxygen atoms in total. The number of fused-ring (bicyclic) bond motifs is 2. The van der Waals surface area contributed by atoms with Gasteiger partial charge in [-0.15, -0.1) is 0 Å². The lowest BCUT2D eigenvalue weighted by Gasteiger charge is -2.22. The van der Waals surface area contributed by atoms with Gasteiger partial charge in [-0.05, 0) is 37.8 Å². The minimum atomic E-state index is -0.114. The van der Waals surface area contributed by atoms with Gasteiger partial charge in [-0.3, -0.25) is 4.79 Å². The van der Waals surface area contributed by atoms with Crippen LogP contribution < -0.4 is 5.56 Å². The normalized spacial score (nSPS) is 14.7. The Morgan fingerprint density at radius 2 is 2.00 bits per heavy atom. The van der Waals surface area contributed by atoms with E-state index in [1.165, 1.54) is 12.1 Å². The smallest absolute Gasteiger partial charge is 0.258 e. The number of nitrogens with zero attached hydrogens (tertiary/aromatic N) is 1. The van der Waals surface area contributed by atoms with Gasteiger partial charge in [-0.25, -0.2) is 0 Å². The summed E-state index contributed by atoms with van der Waals surface area (Å²) in [6.07, 6.45) is 2.95. The van der Waals surface area contributed by atoms with Crippen molar-refractivity contribution in [1.29, 1.82) is 0 Å². The Morgan fingerprint density at radius 1 is 1.22 bits per heavy atom. The zero-order valence-corrected chi connectivity index (χ0v) is 10.2. The van der Waals surface area contributed by atoms with E-state index >= 15 is 0 Å². The number of aryl methyl sites for hydroxylation is 1. The summed E-state index contributed by atoms with van der Waals surface area (Å²) in [5.74, 6) is -0.0959. The number of pyridine rings is 1. The summed E-state index contributed by atoms with van der Waals surface area (Å²) in [4.78, 5) is 12.4. The Balaban J connectivity index is 2.52. The Hall–Kier alpha value is -1.97. The lowest BCUT2D eigenvalue weighted by Crippen LogP contribution is -2.28. The van der Waals surface area contributed by atoms with E-state index in [2.05, 4.69) is 0 Å². The van der Waals surface area contributed by atoms with Crippen molar-refractivity contribution in [2.45, 2.75) is 32.7 Å². The molecule has 0 aliphatic carbocycles. The molecule has 1 aromatic heterocycles. The minimum absolute atomic E-state index is 0.0198. The highest BCUT2D eigenvalue weighted by molar-refractivity contribution is 5.92. The lowest BCUT2D eigenvalue weighted by molar-refractivity contribution is 0.454. The fraction of sp³-hybridized carbons (Fsp3) is 0.357. The molecule has 0 spiro atoms. The second-order valence-electron chi connectivity index (χ2n) is 4.87. The van der Waals surface area contributed by atoms with E-state index in [1.807, 2.05) is 6.92 Å². The first kappa shape index (κ1) is 11.1. The molecule has 94 valence electrons. The third-order valence-corrected chi connectivity index (χ3v) is 3.76. The van der Waals surface area contributed by atoms with Crippen LogP contribution in [-0.4, -0.2) is 14.8 Å². The first-order chi connectivity index (χ1) is 8.59. The maximum Gasteiger partial charge on any atom is 0.258 e. The molecule has 0 amide bonds. The number of phenols is 2. The van der Waals surface area contributed by atoms with Crippen LogP contribution in [-0.2, 0) is 13.0 Å². The van der Waals surface area contributed by atoms with Gasteiger partial charge in [-0.2, -0.15) is 0 Å². The van der Waals surface area contributed by atoms with E-state index in [1.54, 1.807) is 4.57 Å². The number of aromatic hydroxyl groups is 2. The van der Waals surface area contributed by atoms with E-state index in [0.29, 0.717) is 10.8 Å². The monoisotopic (exact) mass is 245 g/mol. The van der Waals surface area contributed by atoms with Gasteiger partial charge in [0.05, 0.1) is 5.39 Å². The van der Waals surface area contributed by atoms with Gasteiger partial charge in [0.15, 0.2) is 0 Å². The molecule has 0 fully saturated rings. The summed E-state index contributed by atoms with van der Waals surface area (Å²) in [5, 5.41) is 20.4. The predicted octanol–water partition coefficient (Wildman–Crippen LogP) is 2.06. The molecule has 2 N–H and O–H groups in total. The van der Waals surface area contributed by atoms with Gasteiger partial charge >= 0.3 is 0 Å². The topological polar surface area (TPSA) is 62.5 Å². The van der Waals surface area contributed by atoms with Crippen LogP contribution in [0.2, 0.25) is 0 Å². The number of aromatic nitrogens is 1. The Morgan fingerprint density at radius 3 is 2.78 bits per heavy atom. The molecule has 1 aliphatic rings. The van der Waals surface area contributed by atoms with Gasteiger partial charge < -0.3 is 14.8 Å². The molecule has 3 rings (SSSR count). The van der Waals surface area contributed by atoms with Gasteiger partial charge in [0.25, 0.3) is 5.56 Å². The summed E-state index contributed by atoms with van der Waals surface area (Å²) in [6.45, 7) is 2.65. The summed E-state index contributed by atoms with van der Waals surface area (Å²) in [6, 6.07) is 2.72. The molecule has 0 radical (unpaired) electrons. The molecular weight excluding hydrogens is 230 g/mol. The van der Waals surface area contributed by atoms with Crippen molar-refractivity contribution in [3.63, 3.8) is 0 Å². The molecule has 0 unspecified atom stereocenters. The van der Waals surface area contributed by atoms with Crippen LogP contribution in [0.5, 0.6) is 11.5 Å². The first-order valence-corrected chi connectivity index (χ1v) is 6.17. The van der Waals surface area contributed by atoms with Crippen molar-refractivity contribution < 1.29 is 10.2 Å². The van der Waals surface area contributed by atoms with E-state index in [9.17, 15) is 15.0 Å². The van der Waals surface area contributed by atoms with Crippen LogP contribution >= 0.6 is 0 Å². The summed E-state index contributed by atoms with van der Waals surface area (Å²) >= 11 is 0. The molecule has 1 aromatic carbocycles. The quantitative estimate of drug-likeness (QED) is 0.746. The molecule has 2 aromatic rings. The van der Waals surface area contributed by atoms with Crippen LogP contribution in [0.15, 0.2) is 16.9 Å². The second kappa shape index (κ2) is 3.77. The van der Waals surface area contributed by atoms with Gasteiger partial charge in [-0.1, -0.05) is 0 Å². The average Bonchev–Trinajstić information content (AvgIpc) is 2.35. The van der Waals surface area contributed by atoms with Crippen molar-refractivity contribution in [3.05, 3.63) is 33.7 Å². The molecular formula is C14H15NO3. The number of rotatable bonds is 0. The van der Waals surface area contributed by atoms with Crippen molar-refractivity contribution in [2.24, 2.45) is 0 Å². The standard InChI is InChI=1S/C14H15NO3/c1-8-11-4-2-3-5-15(11)14(18)10-6-9(16)7-12(17)13(8)10/h6-7,16-17H,2-5H2,1H3. The van der Waals surface area contributed by atoms with E-state index in [-0.39, 0.29) is 17.1 Å². The number of hydrogen-bond donors (Lipinski definition) is 2. The zero-order chi connectivity index (χ0) is 12.9. The number of phenolic OH excluding ortho intramolecular Hbond substituents is 2. The molecule has 4 heteroatoms. The van der Waals surface area contributed by atoms with E-state index < -0.39 is 0 Å². The lowest BCUT2D eigenvalue weighted by atomic mass is 9.98. The van der Waals surface area contributed by atoms with Crippen LogP contribution in [0, 0.1) is 6.92 Å². The average molecular weight is 245 g/mol. The number of hydrogen-bond acceptors (Lipinski definition) is 3. The predicted molar refractivity (Wildman–Crippen MR) is 69.2 cm³/mol. The van der Waals surface area contributed by atoms with Crippen molar-refractivity contribution in [3.8, 4) is 11.5 Å². The first-order valence-electron chi connectivity index (χ1n) is 6.17. The molecule has 0 saturated carbocycles. The molecule has 18 heavy (non-hydrogen) atoms. The minimum Gasteiger partial charge on any atom is -0.508 e. The Bertz CT molecular complexity index is 700. The van der Waals surface area contributed by atoms with Crippen molar-refractivity contribution >= 4 is 10.8 Å². The molecule has 0 saturated heterocycles. The molecule has 2 heterocycles. The summed E-state index contributed by atoms with van der Waals surface area (Å²) < 4.78 is 1.78. The molecule has 0 atom stereocenters. The fourth-order valence-electron chi connectivity index (χ4n) is 2.91. The van der Waals surface area contributed by atoms with E-state index in [0.717, 1.165) is 37.1 Å². The summed E-state index contributed by atoms with van der Waals surface area (Å²) in [7, 11) is 0. The van der Waals surface area contributed by atoms with Gasteiger partial charge in [0, 0.05) is 23.7 Å². The molecule has 1 aliphatic heterocycles. The molecule has 0 bridgehead atoms. The SMILES string of the molecule is Cc1c2n(c(=O)c3cc(O)cc(O)c13)CCCC2. The number of benzene rings is 1. The van der Waals surface area contributed by atoms with Crippen LogP contribution in [0.4, 0.5) is 0 Å². The fourth-order valence-corrected chi connectivity index (χ4v) is 2.91. The second-order valence-corrected chi connectivity index (χ2v) is 4.87. The van der Waals surface area contributed by atoms with Crippen LogP contribution in [0.3, 0.4) is 0 Å². The van der Waals surface area contributed by atoms with Crippen LogP contribution in [0.1, 0.15) is 24.1 Å².